The molecule has 164 valence electrons. The van der Waals surface area contributed by atoms with E-state index in [9.17, 15) is 17.6 Å². The maximum atomic E-state index is 14.2. The molecule has 1 saturated carbocycles. The third-order valence-electron chi connectivity index (χ3n) is 5.74. The lowest BCUT2D eigenvalue weighted by Gasteiger charge is -2.29. The van der Waals surface area contributed by atoms with Gasteiger partial charge in [-0.2, -0.15) is 0 Å². The average Bonchev–Trinajstić information content (AvgIpc) is 2.70. The van der Waals surface area contributed by atoms with E-state index in [1.807, 2.05) is 6.07 Å². The highest BCUT2D eigenvalue weighted by molar-refractivity contribution is 5.33. The second-order valence-corrected chi connectivity index (χ2v) is 8.06. The van der Waals surface area contributed by atoms with Gasteiger partial charge in [0.15, 0.2) is 0 Å². The summed E-state index contributed by atoms with van der Waals surface area (Å²) in [7, 11) is 0. The average molecular weight is 424 g/mol. The topological polar surface area (TPSA) is 18.5 Å². The molecular weight excluding hydrogens is 396 g/mol. The Bertz CT molecular complexity index is 794. The number of hydrogen-bond acceptors (Lipinski definition) is 2. The van der Waals surface area contributed by atoms with E-state index in [0.717, 1.165) is 24.3 Å². The molecule has 0 amide bonds. The van der Waals surface area contributed by atoms with E-state index >= 15 is 0 Å². The normalized spacial score (nSPS) is 19.5. The predicted octanol–water partition coefficient (Wildman–Crippen LogP) is 7.77. The number of benzene rings is 2. The van der Waals surface area contributed by atoms with Crippen molar-refractivity contribution in [3.63, 3.8) is 0 Å². The van der Waals surface area contributed by atoms with Crippen LogP contribution in [0.1, 0.15) is 68.9 Å². The van der Waals surface area contributed by atoms with E-state index in [1.165, 1.54) is 62.4 Å². The molecule has 1 aliphatic rings. The number of hydrogen-bond donors (Lipinski definition) is 0. The minimum absolute atomic E-state index is 0.138. The van der Waals surface area contributed by atoms with E-state index in [2.05, 4.69) is 11.7 Å². The molecule has 1 aliphatic carbocycles. The molecule has 0 radical (unpaired) electrons. The first-order chi connectivity index (χ1) is 14.3. The summed E-state index contributed by atoms with van der Waals surface area (Å²) in [4.78, 5) is 0. The van der Waals surface area contributed by atoms with E-state index in [4.69, 9.17) is 4.74 Å². The van der Waals surface area contributed by atoms with Crippen molar-refractivity contribution in [2.24, 2.45) is 5.92 Å². The van der Waals surface area contributed by atoms with Gasteiger partial charge >= 0.3 is 6.36 Å². The van der Waals surface area contributed by atoms with Gasteiger partial charge in [0.1, 0.15) is 23.9 Å². The van der Waals surface area contributed by atoms with Crippen LogP contribution in [-0.4, -0.2) is 6.36 Å². The molecule has 0 atom stereocenters. The molecule has 2 nitrogen and oxygen atoms in total. The number of alkyl halides is 3. The third-order valence-corrected chi connectivity index (χ3v) is 5.74. The van der Waals surface area contributed by atoms with E-state index in [-0.39, 0.29) is 18.2 Å². The van der Waals surface area contributed by atoms with Crippen LogP contribution in [0, 0.1) is 11.7 Å². The highest BCUT2D eigenvalue weighted by Gasteiger charge is 2.31. The highest BCUT2D eigenvalue weighted by Crippen LogP contribution is 2.39. The fraction of sp³-hybridized carbons (Fsp3) is 0.500. The Labute approximate surface area is 175 Å². The van der Waals surface area contributed by atoms with Gasteiger partial charge < -0.3 is 9.47 Å². The van der Waals surface area contributed by atoms with Crippen molar-refractivity contribution in [2.75, 3.05) is 0 Å². The lowest BCUT2D eigenvalue weighted by Crippen LogP contribution is -2.17. The van der Waals surface area contributed by atoms with Crippen molar-refractivity contribution in [1.29, 1.82) is 0 Å². The van der Waals surface area contributed by atoms with Gasteiger partial charge in [-0.1, -0.05) is 38.3 Å². The lowest BCUT2D eigenvalue weighted by molar-refractivity contribution is -0.274. The van der Waals surface area contributed by atoms with Gasteiger partial charge in [-0.05, 0) is 72.9 Å². The van der Waals surface area contributed by atoms with Crippen molar-refractivity contribution in [3.8, 4) is 11.5 Å². The summed E-state index contributed by atoms with van der Waals surface area (Å²) in [6.07, 6.45) is 3.57. The molecule has 6 heteroatoms. The van der Waals surface area contributed by atoms with Crippen LogP contribution in [0.5, 0.6) is 11.5 Å². The minimum Gasteiger partial charge on any atom is -0.489 e. The molecule has 0 heterocycles. The summed E-state index contributed by atoms with van der Waals surface area (Å²) >= 11 is 0. The zero-order valence-electron chi connectivity index (χ0n) is 17.2. The maximum absolute atomic E-state index is 14.2. The fourth-order valence-electron chi connectivity index (χ4n) is 4.13. The summed E-state index contributed by atoms with van der Waals surface area (Å²) in [6.45, 7) is 2.35. The van der Waals surface area contributed by atoms with Gasteiger partial charge in [0.05, 0.1) is 0 Å². The Morgan fingerprint density at radius 1 is 0.933 bits per heavy atom. The summed E-state index contributed by atoms with van der Waals surface area (Å²) in [5, 5.41) is 0. The number of rotatable bonds is 8. The van der Waals surface area contributed by atoms with E-state index < -0.39 is 6.36 Å². The Balaban J connectivity index is 1.57. The van der Waals surface area contributed by atoms with Crippen LogP contribution in [0.3, 0.4) is 0 Å². The second kappa shape index (κ2) is 10.2. The van der Waals surface area contributed by atoms with Gasteiger partial charge in [-0.3, -0.25) is 0 Å². The Morgan fingerprint density at radius 3 is 2.27 bits per heavy atom. The quantitative estimate of drug-likeness (QED) is 0.403. The molecule has 0 bridgehead atoms. The summed E-state index contributed by atoms with van der Waals surface area (Å²) in [5.74, 6) is 0.960. The van der Waals surface area contributed by atoms with Crippen molar-refractivity contribution < 1.29 is 27.0 Å². The smallest absolute Gasteiger partial charge is 0.489 e. The molecule has 3 rings (SSSR count). The fourth-order valence-corrected chi connectivity index (χ4v) is 4.13. The van der Waals surface area contributed by atoms with Gasteiger partial charge in [0, 0.05) is 6.07 Å². The zero-order valence-corrected chi connectivity index (χ0v) is 17.2. The van der Waals surface area contributed by atoms with Gasteiger partial charge in [0.25, 0.3) is 0 Å². The van der Waals surface area contributed by atoms with Crippen LogP contribution in [0.2, 0.25) is 0 Å². The molecule has 0 unspecified atom stereocenters. The van der Waals surface area contributed by atoms with Crippen LogP contribution >= 0.6 is 0 Å². The first kappa shape index (κ1) is 22.4. The lowest BCUT2D eigenvalue weighted by atomic mass is 9.77. The van der Waals surface area contributed by atoms with Gasteiger partial charge in [-0.25, -0.2) is 4.39 Å². The molecule has 0 spiro atoms. The molecule has 0 aromatic heterocycles. The molecule has 2 aromatic carbocycles. The molecule has 30 heavy (non-hydrogen) atoms. The highest BCUT2D eigenvalue weighted by atomic mass is 19.4. The minimum atomic E-state index is -4.72. The Hall–Kier alpha value is -2.24. The Kier molecular flexibility index (Phi) is 7.62. The largest absolute Gasteiger partial charge is 0.573 e. The number of ether oxygens (including phenoxy) is 2. The second-order valence-electron chi connectivity index (χ2n) is 8.06. The van der Waals surface area contributed by atoms with Crippen molar-refractivity contribution >= 4 is 0 Å². The standard InChI is InChI=1S/C24H28F4O2/c1-2-3-4-17-5-9-19(10-6-17)20-13-21(25)15-23(14-20)29-16-18-7-11-22(12-8-18)30-24(26,27)28/h7-8,11-15,17,19H,2-6,9-10,16H2,1H3. The molecule has 2 aromatic rings. The Morgan fingerprint density at radius 2 is 1.63 bits per heavy atom. The monoisotopic (exact) mass is 424 g/mol. The van der Waals surface area contributed by atoms with E-state index in [1.54, 1.807) is 6.07 Å². The van der Waals surface area contributed by atoms with Gasteiger partial charge in [-0.15, -0.1) is 13.2 Å². The number of halogens is 4. The van der Waals surface area contributed by atoms with Gasteiger partial charge in [0.2, 0.25) is 0 Å². The van der Waals surface area contributed by atoms with Crippen LogP contribution in [0.25, 0.3) is 0 Å². The zero-order chi connectivity index (χ0) is 21.6. The van der Waals surface area contributed by atoms with Crippen molar-refractivity contribution in [1.82, 2.24) is 0 Å². The van der Waals surface area contributed by atoms with Crippen LogP contribution in [-0.2, 0) is 6.61 Å². The van der Waals surface area contributed by atoms with Crippen LogP contribution < -0.4 is 9.47 Å². The molecular formula is C24H28F4O2. The summed E-state index contributed by atoms with van der Waals surface area (Å²) in [5.41, 5.74) is 1.64. The SMILES string of the molecule is CCCCC1CCC(c2cc(F)cc(OCc3ccc(OC(F)(F)F)cc3)c2)CC1. The number of unbranched alkanes of at least 4 members (excludes halogenated alkanes) is 1. The summed E-state index contributed by atoms with van der Waals surface area (Å²) < 4.78 is 60.4. The van der Waals surface area contributed by atoms with Crippen LogP contribution in [0.15, 0.2) is 42.5 Å². The molecule has 0 N–H and O–H groups in total. The third kappa shape index (κ3) is 6.92. The van der Waals surface area contributed by atoms with E-state index in [0.29, 0.717) is 17.2 Å². The first-order valence-electron chi connectivity index (χ1n) is 10.6. The van der Waals surface area contributed by atoms with Crippen molar-refractivity contribution in [3.05, 3.63) is 59.4 Å². The van der Waals surface area contributed by atoms with Crippen molar-refractivity contribution in [2.45, 2.75) is 70.8 Å². The molecule has 0 saturated heterocycles. The summed E-state index contributed by atoms with van der Waals surface area (Å²) in [6, 6.07) is 10.3. The molecule has 0 aliphatic heterocycles. The first-order valence-corrected chi connectivity index (χ1v) is 10.6. The molecule has 1 fully saturated rings. The maximum Gasteiger partial charge on any atom is 0.573 e. The van der Waals surface area contributed by atoms with Crippen LogP contribution in [0.4, 0.5) is 17.6 Å². The predicted molar refractivity (Wildman–Crippen MR) is 108 cm³/mol.